The van der Waals surface area contributed by atoms with Crippen molar-refractivity contribution >= 4 is 5.91 Å². The van der Waals surface area contributed by atoms with Crippen molar-refractivity contribution in [2.45, 2.75) is 13.3 Å². The van der Waals surface area contributed by atoms with Crippen molar-refractivity contribution in [3.63, 3.8) is 0 Å². The summed E-state index contributed by atoms with van der Waals surface area (Å²) in [5.41, 5.74) is 0.902. The molecule has 1 atom stereocenters. The van der Waals surface area contributed by atoms with Gasteiger partial charge in [0, 0.05) is 24.9 Å². The predicted octanol–water partition coefficient (Wildman–Crippen LogP) is 1.65. The van der Waals surface area contributed by atoms with Crippen molar-refractivity contribution in [1.29, 1.82) is 0 Å². The van der Waals surface area contributed by atoms with Crippen LogP contribution in [0.4, 0.5) is 4.39 Å². The summed E-state index contributed by atoms with van der Waals surface area (Å²) in [5, 5.41) is 2.74. The Bertz CT molecular complexity index is 406. The van der Waals surface area contributed by atoms with Crippen LogP contribution >= 0.6 is 0 Å². The summed E-state index contributed by atoms with van der Waals surface area (Å²) in [6.45, 7) is 2.96. The van der Waals surface area contributed by atoms with Crippen LogP contribution < -0.4 is 10.1 Å². The van der Waals surface area contributed by atoms with E-state index in [1.807, 2.05) is 6.92 Å². The van der Waals surface area contributed by atoms with Gasteiger partial charge in [0.2, 0.25) is 5.91 Å². The minimum atomic E-state index is -0.304. The Hall–Kier alpha value is -1.58. The van der Waals surface area contributed by atoms with Crippen LogP contribution in [0.5, 0.6) is 5.75 Å². The molecule has 1 amide bonds. The number of nitrogens with one attached hydrogen (secondary N) is 1. The van der Waals surface area contributed by atoms with Gasteiger partial charge in [-0.2, -0.15) is 0 Å². The summed E-state index contributed by atoms with van der Waals surface area (Å²) in [4.78, 5) is 11.0. The molecular weight excluding hydrogens is 209 g/mol. The lowest BCUT2D eigenvalue weighted by molar-refractivity contribution is -0.119. The standard InChI is InChI=1S/C12H14FNO2/c1-8-2-3-10(13)5-11(8)16-7-9-4-12(15)14-6-9/h2-3,5,9H,4,6-7H2,1H3,(H,14,15). The zero-order valence-corrected chi connectivity index (χ0v) is 9.13. The molecule has 1 unspecified atom stereocenters. The highest BCUT2D eigenvalue weighted by molar-refractivity contribution is 5.78. The number of ether oxygens (including phenoxy) is 1. The van der Waals surface area contributed by atoms with E-state index in [1.165, 1.54) is 12.1 Å². The van der Waals surface area contributed by atoms with Crippen molar-refractivity contribution in [3.05, 3.63) is 29.6 Å². The average molecular weight is 223 g/mol. The van der Waals surface area contributed by atoms with E-state index in [0.717, 1.165) is 5.56 Å². The van der Waals surface area contributed by atoms with Crippen LogP contribution in [0.1, 0.15) is 12.0 Å². The molecule has 0 saturated carbocycles. The third-order valence-corrected chi connectivity index (χ3v) is 2.69. The Morgan fingerprint density at radius 3 is 3.06 bits per heavy atom. The first-order valence-electron chi connectivity index (χ1n) is 5.31. The van der Waals surface area contributed by atoms with E-state index in [4.69, 9.17) is 4.74 Å². The van der Waals surface area contributed by atoms with E-state index >= 15 is 0 Å². The van der Waals surface area contributed by atoms with Gasteiger partial charge in [-0.3, -0.25) is 4.79 Å². The van der Waals surface area contributed by atoms with Gasteiger partial charge in [0.25, 0.3) is 0 Å². The molecule has 0 aromatic heterocycles. The first-order valence-corrected chi connectivity index (χ1v) is 5.31. The molecule has 0 aliphatic carbocycles. The molecule has 0 bridgehead atoms. The zero-order valence-electron chi connectivity index (χ0n) is 9.13. The average Bonchev–Trinajstić information content (AvgIpc) is 2.66. The molecule has 0 radical (unpaired) electrons. The molecule has 1 aromatic rings. The molecule has 2 rings (SSSR count). The number of benzene rings is 1. The van der Waals surface area contributed by atoms with Crippen LogP contribution in [0.3, 0.4) is 0 Å². The first-order chi connectivity index (χ1) is 7.65. The highest BCUT2D eigenvalue weighted by Gasteiger charge is 2.22. The van der Waals surface area contributed by atoms with Crippen molar-refractivity contribution in [2.75, 3.05) is 13.2 Å². The molecule has 1 saturated heterocycles. The lowest BCUT2D eigenvalue weighted by Gasteiger charge is -2.12. The molecule has 0 spiro atoms. The minimum absolute atomic E-state index is 0.0598. The van der Waals surface area contributed by atoms with Gasteiger partial charge in [0.15, 0.2) is 0 Å². The van der Waals surface area contributed by atoms with Crippen LogP contribution in [-0.4, -0.2) is 19.1 Å². The molecule has 1 fully saturated rings. The van der Waals surface area contributed by atoms with Crippen LogP contribution in [0.25, 0.3) is 0 Å². The highest BCUT2D eigenvalue weighted by atomic mass is 19.1. The molecule has 16 heavy (non-hydrogen) atoms. The Kier molecular flexibility index (Phi) is 3.08. The van der Waals surface area contributed by atoms with Crippen LogP contribution in [0.15, 0.2) is 18.2 Å². The molecular formula is C12H14FNO2. The van der Waals surface area contributed by atoms with Gasteiger partial charge >= 0.3 is 0 Å². The number of carbonyl (C=O) groups excluding carboxylic acids is 1. The van der Waals surface area contributed by atoms with Crippen molar-refractivity contribution < 1.29 is 13.9 Å². The van der Waals surface area contributed by atoms with Crippen molar-refractivity contribution in [3.8, 4) is 5.75 Å². The van der Waals surface area contributed by atoms with E-state index in [1.54, 1.807) is 6.07 Å². The van der Waals surface area contributed by atoms with E-state index in [-0.39, 0.29) is 17.6 Å². The van der Waals surface area contributed by atoms with Gasteiger partial charge in [-0.1, -0.05) is 6.07 Å². The Morgan fingerprint density at radius 2 is 2.38 bits per heavy atom. The molecule has 1 aromatic carbocycles. The van der Waals surface area contributed by atoms with Gasteiger partial charge in [-0.25, -0.2) is 4.39 Å². The Morgan fingerprint density at radius 1 is 1.56 bits per heavy atom. The summed E-state index contributed by atoms with van der Waals surface area (Å²) in [7, 11) is 0. The van der Waals surface area contributed by atoms with Crippen LogP contribution in [-0.2, 0) is 4.79 Å². The van der Waals surface area contributed by atoms with E-state index in [0.29, 0.717) is 25.3 Å². The van der Waals surface area contributed by atoms with Gasteiger partial charge in [-0.15, -0.1) is 0 Å². The third-order valence-electron chi connectivity index (χ3n) is 2.69. The number of aryl methyl sites for hydroxylation is 1. The van der Waals surface area contributed by atoms with Gasteiger partial charge in [-0.05, 0) is 18.6 Å². The first kappa shape index (κ1) is 10.9. The Balaban J connectivity index is 1.94. The summed E-state index contributed by atoms with van der Waals surface area (Å²) in [6, 6.07) is 4.46. The number of hydrogen-bond acceptors (Lipinski definition) is 2. The number of rotatable bonds is 3. The summed E-state index contributed by atoms with van der Waals surface area (Å²) in [6.07, 6.45) is 0.494. The Labute approximate surface area is 93.6 Å². The molecule has 1 heterocycles. The second-order valence-corrected chi connectivity index (χ2v) is 4.10. The van der Waals surface area contributed by atoms with Crippen LogP contribution in [0, 0.1) is 18.7 Å². The number of amides is 1. The maximum atomic E-state index is 13.0. The summed E-state index contributed by atoms with van der Waals surface area (Å²) < 4.78 is 18.5. The fourth-order valence-electron chi connectivity index (χ4n) is 1.72. The monoisotopic (exact) mass is 223 g/mol. The predicted molar refractivity (Wildman–Crippen MR) is 57.7 cm³/mol. The molecule has 1 N–H and O–H groups in total. The SMILES string of the molecule is Cc1ccc(F)cc1OCC1CNC(=O)C1. The lowest BCUT2D eigenvalue weighted by Crippen LogP contribution is -2.17. The van der Waals surface area contributed by atoms with E-state index < -0.39 is 0 Å². The smallest absolute Gasteiger partial charge is 0.220 e. The van der Waals surface area contributed by atoms with Gasteiger partial charge < -0.3 is 10.1 Å². The largest absolute Gasteiger partial charge is 0.493 e. The fraction of sp³-hybridized carbons (Fsp3) is 0.417. The highest BCUT2D eigenvalue weighted by Crippen LogP contribution is 2.20. The van der Waals surface area contributed by atoms with Gasteiger partial charge in [0.1, 0.15) is 11.6 Å². The van der Waals surface area contributed by atoms with E-state index in [9.17, 15) is 9.18 Å². The number of hydrogen-bond donors (Lipinski definition) is 1. The third kappa shape index (κ3) is 2.51. The summed E-state index contributed by atoms with van der Waals surface area (Å²) >= 11 is 0. The van der Waals surface area contributed by atoms with Crippen molar-refractivity contribution in [2.24, 2.45) is 5.92 Å². The fourth-order valence-corrected chi connectivity index (χ4v) is 1.72. The molecule has 86 valence electrons. The zero-order chi connectivity index (χ0) is 11.5. The van der Waals surface area contributed by atoms with Crippen LogP contribution in [0.2, 0.25) is 0 Å². The number of halogens is 1. The second kappa shape index (κ2) is 4.51. The van der Waals surface area contributed by atoms with Crippen molar-refractivity contribution in [1.82, 2.24) is 5.32 Å². The number of carbonyl (C=O) groups is 1. The molecule has 1 aliphatic heterocycles. The molecule has 3 nitrogen and oxygen atoms in total. The quantitative estimate of drug-likeness (QED) is 0.846. The maximum absolute atomic E-state index is 13.0. The minimum Gasteiger partial charge on any atom is -0.493 e. The van der Waals surface area contributed by atoms with E-state index in [2.05, 4.69) is 5.32 Å². The maximum Gasteiger partial charge on any atom is 0.220 e. The topological polar surface area (TPSA) is 38.3 Å². The second-order valence-electron chi connectivity index (χ2n) is 4.10. The van der Waals surface area contributed by atoms with Gasteiger partial charge in [0.05, 0.1) is 6.61 Å². The normalized spacial score (nSPS) is 19.6. The molecule has 1 aliphatic rings. The lowest BCUT2D eigenvalue weighted by atomic mass is 10.1. The summed E-state index contributed by atoms with van der Waals surface area (Å²) in [5.74, 6) is 0.500. The molecule has 4 heteroatoms.